The molecule has 0 aliphatic heterocycles. The van der Waals surface area contributed by atoms with E-state index in [0.717, 1.165) is 16.6 Å². The molecule has 4 aromatic heterocycles. The van der Waals surface area contributed by atoms with Crippen molar-refractivity contribution >= 4 is 38.2 Å². The first kappa shape index (κ1) is 17.8. The fourth-order valence-corrected chi connectivity index (χ4v) is 5.24. The summed E-state index contributed by atoms with van der Waals surface area (Å²) in [5, 5.41) is 9.16. The molecule has 5 rings (SSSR count). The number of nitrogens with zero attached hydrogens (tertiary/aromatic N) is 5. The van der Waals surface area contributed by atoms with Gasteiger partial charge in [0.2, 0.25) is 0 Å². The van der Waals surface area contributed by atoms with Gasteiger partial charge in [0.25, 0.3) is 10.0 Å². The second-order valence-electron chi connectivity index (χ2n) is 6.40. The topological polar surface area (TPSA) is 82.2 Å². The van der Waals surface area contributed by atoms with Crippen LogP contribution in [0.4, 0.5) is 0 Å². The highest BCUT2D eigenvalue weighted by Crippen LogP contribution is 2.34. The summed E-state index contributed by atoms with van der Waals surface area (Å²) in [5.41, 5.74) is 3.23. The second kappa shape index (κ2) is 6.68. The Hall–Kier alpha value is -3.23. The Kier molecular flexibility index (Phi) is 4.11. The van der Waals surface area contributed by atoms with Gasteiger partial charge in [-0.1, -0.05) is 18.2 Å². The van der Waals surface area contributed by atoms with Crippen molar-refractivity contribution in [3.8, 4) is 11.1 Å². The molecule has 0 atom stereocenters. The molecule has 0 saturated carbocycles. The normalized spacial score (nSPS) is 12.0. The summed E-state index contributed by atoms with van der Waals surface area (Å²) in [6.07, 6.45) is 4.95. The number of aromatic nitrogens is 5. The van der Waals surface area contributed by atoms with Crippen LogP contribution >= 0.6 is 11.6 Å². The zero-order valence-electron chi connectivity index (χ0n) is 15.0. The highest BCUT2D eigenvalue weighted by Gasteiger charge is 2.25. The summed E-state index contributed by atoms with van der Waals surface area (Å²) in [4.78, 5) is 4.55. The molecule has 7 nitrogen and oxygen atoms in total. The van der Waals surface area contributed by atoms with Crippen LogP contribution in [0.3, 0.4) is 0 Å². The van der Waals surface area contributed by atoms with Crippen molar-refractivity contribution in [2.75, 3.05) is 0 Å². The standard InChI is InChI=1S/C20H14ClN5O2S/c21-12-14-11-17-16(18-13-24-26-19(18)7-4-9-23-26)8-10-22-20(17)25(14)29(27,28)15-5-2-1-3-6-15/h1-11,13H,12H2. The van der Waals surface area contributed by atoms with Crippen LogP contribution in [-0.2, 0) is 15.9 Å². The van der Waals surface area contributed by atoms with Gasteiger partial charge in [0.05, 0.1) is 28.2 Å². The van der Waals surface area contributed by atoms with Gasteiger partial charge in [-0.25, -0.2) is 17.4 Å². The zero-order valence-corrected chi connectivity index (χ0v) is 16.5. The minimum absolute atomic E-state index is 0.0260. The van der Waals surface area contributed by atoms with E-state index in [9.17, 15) is 8.42 Å². The molecule has 0 amide bonds. The number of rotatable bonds is 4. The lowest BCUT2D eigenvalue weighted by atomic mass is 10.1. The lowest BCUT2D eigenvalue weighted by molar-refractivity contribution is 0.587. The maximum absolute atomic E-state index is 13.3. The summed E-state index contributed by atoms with van der Waals surface area (Å²) < 4.78 is 29.4. The molecule has 0 bridgehead atoms. The summed E-state index contributed by atoms with van der Waals surface area (Å²) in [7, 11) is -3.86. The number of hydrogen-bond donors (Lipinski definition) is 0. The Morgan fingerprint density at radius 3 is 2.55 bits per heavy atom. The van der Waals surface area contributed by atoms with Crippen LogP contribution in [0.25, 0.3) is 27.7 Å². The fourth-order valence-electron chi connectivity index (χ4n) is 3.46. The third-order valence-electron chi connectivity index (χ3n) is 4.75. The van der Waals surface area contributed by atoms with E-state index in [0.29, 0.717) is 16.7 Å². The first-order chi connectivity index (χ1) is 14.1. The van der Waals surface area contributed by atoms with E-state index in [1.165, 1.54) is 8.60 Å². The predicted molar refractivity (Wildman–Crippen MR) is 110 cm³/mol. The average molecular weight is 424 g/mol. The molecule has 0 fully saturated rings. The van der Waals surface area contributed by atoms with Crippen molar-refractivity contribution in [2.24, 2.45) is 0 Å². The van der Waals surface area contributed by atoms with Crippen LogP contribution in [0.5, 0.6) is 0 Å². The van der Waals surface area contributed by atoms with E-state index >= 15 is 0 Å². The Morgan fingerprint density at radius 1 is 0.931 bits per heavy atom. The largest absolute Gasteiger partial charge is 0.269 e. The first-order valence-corrected chi connectivity index (χ1v) is 10.7. The van der Waals surface area contributed by atoms with Crippen molar-refractivity contribution in [1.82, 2.24) is 23.8 Å². The average Bonchev–Trinajstić information content (AvgIpc) is 3.36. The SMILES string of the molecule is O=S(=O)(c1ccccc1)n1c(CCl)cc2c(-c3cnn4ncccc34)ccnc21. The van der Waals surface area contributed by atoms with Crippen molar-refractivity contribution in [1.29, 1.82) is 0 Å². The van der Waals surface area contributed by atoms with Crippen LogP contribution in [0.15, 0.2) is 78.1 Å². The van der Waals surface area contributed by atoms with Gasteiger partial charge in [-0.2, -0.15) is 14.8 Å². The molecule has 4 heterocycles. The van der Waals surface area contributed by atoms with Gasteiger partial charge >= 0.3 is 0 Å². The van der Waals surface area contributed by atoms with Crippen LogP contribution in [0.2, 0.25) is 0 Å². The number of benzene rings is 1. The molecule has 1 aromatic carbocycles. The van der Waals surface area contributed by atoms with Gasteiger partial charge < -0.3 is 0 Å². The van der Waals surface area contributed by atoms with Gasteiger partial charge in [0, 0.05) is 23.3 Å². The van der Waals surface area contributed by atoms with Gasteiger partial charge in [0.15, 0.2) is 5.65 Å². The molecule has 29 heavy (non-hydrogen) atoms. The van der Waals surface area contributed by atoms with Gasteiger partial charge in [0.1, 0.15) is 0 Å². The molecule has 5 aromatic rings. The van der Waals surface area contributed by atoms with Gasteiger partial charge in [-0.3, -0.25) is 0 Å². The maximum Gasteiger partial charge on any atom is 0.269 e. The number of halogens is 1. The van der Waals surface area contributed by atoms with Crippen molar-refractivity contribution in [2.45, 2.75) is 10.8 Å². The molecule has 0 radical (unpaired) electrons. The fraction of sp³-hybridized carbons (Fsp3) is 0.0500. The Bertz CT molecular complexity index is 1460. The van der Waals surface area contributed by atoms with Crippen molar-refractivity contribution < 1.29 is 8.42 Å². The van der Waals surface area contributed by atoms with Crippen LogP contribution < -0.4 is 0 Å². The minimum Gasteiger partial charge on any atom is -0.237 e. The van der Waals surface area contributed by atoms with E-state index in [1.807, 2.05) is 18.2 Å². The summed E-state index contributed by atoms with van der Waals surface area (Å²) in [5.74, 6) is 0.0260. The predicted octanol–water partition coefficient (Wildman–Crippen LogP) is 3.72. The molecule has 144 valence electrons. The number of alkyl halides is 1. The lowest BCUT2D eigenvalue weighted by Crippen LogP contribution is -2.15. The van der Waals surface area contributed by atoms with E-state index in [2.05, 4.69) is 15.2 Å². The van der Waals surface area contributed by atoms with Gasteiger partial charge in [-0.15, -0.1) is 11.6 Å². The minimum atomic E-state index is -3.86. The van der Waals surface area contributed by atoms with Crippen molar-refractivity contribution in [3.63, 3.8) is 0 Å². The molecule has 9 heteroatoms. The lowest BCUT2D eigenvalue weighted by Gasteiger charge is -2.10. The van der Waals surface area contributed by atoms with Crippen molar-refractivity contribution in [3.05, 3.63) is 78.9 Å². The second-order valence-corrected chi connectivity index (χ2v) is 8.46. The third kappa shape index (κ3) is 2.72. The quantitative estimate of drug-likeness (QED) is 0.411. The third-order valence-corrected chi connectivity index (χ3v) is 6.78. The Labute approximate surface area is 171 Å². The van der Waals surface area contributed by atoms with Gasteiger partial charge in [-0.05, 0) is 42.0 Å². The van der Waals surface area contributed by atoms with E-state index < -0.39 is 10.0 Å². The first-order valence-electron chi connectivity index (χ1n) is 8.76. The highest BCUT2D eigenvalue weighted by atomic mass is 35.5. The molecular formula is C20H14ClN5O2S. The number of hydrogen-bond acceptors (Lipinski definition) is 5. The van der Waals surface area contributed by atoms with Crippen LogP contribution in [-0.4, -0.2) is 32.2 Å². The molecule has 0 spiro atoms. The smallest absolute Gasteiger partial charge is 0.237 e. The highest BCUT2D eigenvalue weighted by molar-refractivity contribution is 7.90. The Balaban J connectivity index is 1.82. The summed E-state index contributed by atoms with van der Waals surface area (Å²) in [6, 6.07) is 15.6. The molecule has 0 N–H and O–H groups in total. The monoisotopic (exact) mass is 423 g/mol. The van der Waals surface area contributed by atoms with E-state index in [1.54, 1.807) is 55.0 Å². The number of fused-ring (bicyclic) bond motifs is 2. The summed E-state index contributed by atoms with van der Waals surface area (Å²) in [6.45, 7) is 0. The van der Waals surface area contributed by atoms with Crippen LogP contribution in [0.1, 0.15) is 5.69 Å². The molecule has 0 aliphatic rings. The number of pyridine rings is 1. The van der Waals surface area contributed by atoms with E-state index in [-0.39, 0.29) is 10.8 Å². The molecule has 0 saturated heterocycles. The van der Waals surface area contributed by atoms with E-state index in [4.69, 9.17) is 11.6 Å². The maximum atomic E-state index is 13.3. The molecular weight excluding hydrogens is 410 g/mol. The molecule has 0 unspecified atom stereocenters. The summed E-state index contributed by atoms with van der Waals surface area (Å²) >= 11 is 6.13. The Morgan fingerprint density at radius 2 is 1.76 bits per heavy atom. The zero-order chi connectivity index (χ0) is 20.0. The van der Waals surface area contributed by atoms with Crippen LogP contribution in [0, 0.1) is 0 Å². The molecule has 0 aliphatic carbocycles.